The van der Waals surface area contributed by atoms with Gasteiger partial charge in [-0.15, -0.1) is 11.8 Å². The third kappa shape index (κ3) is 3.44. The summed E-state index contributed by atoms with van der Waals surface area (Å²) >= 11 is 1.82. The van der Waals surface area contributed by atoms with E-state index >= 15 is 0 Å². The molecule has 1 aliphatic heterocycles. The lowest BCUT2D eigenvalue weighted by atomic mass is 10.1. The summed E-state index contributed by atoms with van der Waals surface area (Å²) < 4.78 is 0. The third-order valence-corrected chi connectivity index (χ3v) is 5.62. The smallest absolute Gasteiger partial charge is 0.0736 e. The number of H-pyrrole nitrogens is 1. The molecule has 2 aromatic heterocycles. The number of hydrogen-bond acceptors (Lipinski definition) is 3. The Morgan fingerprint density at radius 1 is 1.08 bits per heavy atom. The number of pyridine rings is 1. The molecular weight excluding hydrogens is 314 g/mol. The number of thioether (sulfide) groups is 1. The number of aromatic nitrogens is 2. The molecule has 0 bridgehead atoms. The minimum Gasteiger partial charge on any atom is -0.371 e. The largest absolute Gasteiger partial charge is 0.371 e. The van der Waals surface area contributed by atoms with E-state index in [0.717, 1.165) is 11.4 Å². The Kier molecular flexibility index (Phi) is 4.48. The van der Waals surface area contributed by atoms with Crippen molar-refractivity contribution in [3.63, 3.8) is 0 Å². The van der Waals surface area contributed by atoms with Crippen LogP contribution in [0.5, 0.6) is 0 Å². The summed E-state index contributed by atoms with van der Waals surface area (Å²) in [5, 5.41) is 2.49. The van der Waals surface area contributed by atoms with Crippen LogP contribution in [0, 0.1) is 6.92 Å². The third-order valence-electron chi connectivity index (χ3n) is 4.65. The predicted molar refractivity (Wildman–Crippen MR) is 103 cm³/mol. The lowest BCUT2D eigenvalue weighted by Crippen LogP contribution is -2.29. The van der Waals surface area contributed by atoms with Crippen molar-refractivity contribution in [2.45, 2.75) is 37.0 Å². The van der Waals surface area contributed by atoms with E-state index in [1.54, 1.807) is 0 Å². The summed E-state index contributed by atoms with van der Waals surface area (Å²) in [7, 11) is 0. The number of hydrogen-bond donors (Lipinski definition) is 1. The highest BCUT2D eigenvalue weighted by molar-refractivity contribution is 7.98. The first kappa shape index (κ1) is 15.6. The molecule has 0 atom stereocenters. The highest BCUT2D eigenvalue weighted by Crippen LogP contribution is 2.27. The predicted octanol–water partition coefficient (Wildman–Crippen LogP) is 5.15. The lowest BCUT2D eigenvalue weighted by molar-refractivity contribution is 0.577. The number of nitrogens with zero attached hydrogens (tertiary/aromatic N) is 2. The van der Waals surface area contributed by atoms with E-state index in [9.17, 15) is 0 Å². The molecule has 1 saturated heterocycles. The summed E-state index contributed by atoms with van der Waals surface area (Å²) in [6, 6.07) is 13.2. The number of rotatable bonds is 4. The van der Waals surface area contributed by atoms with Crippen LogP contribution in [0.1, 0.15) is 30.5 Å². The van der Waals surface area contributed by atoms with Crippen LogP contribution in [-0.4, -0.2) is 23.1 Å². The summed E-state index contributed by atoms with van der Waals surface area (Å²) in [5.41, 5.74) is 4.98. The first-order valence-corrected chi connectivity index (χ1v) is 9.68. The second-order valence-corrected chi connectivity index (χ2v) is 7.58. The fourth-order valence-electron chi connectivity index (χ4n) is 3.34. The van der Waals surface area contributed by atoms with Gasteiger partial charge in [-0.1, -0.05) is 12.1 Å². The maximum Gasteiger partial charge on any atom is 0.0736 e. The monoisotopic (exact) mass is 337 g/mol. The Labute approximate surface area is 147 Å². The highest BCUT2D eigenvalue weighted by atomic mass is 32.2. The molecule has 124 valence electrons. The average molecular weight is 337 g/mol. The number of aromatic amines is 1. The normalized spacial score (nSPS) is 15.1. The Bertz CT molecular complexity index is 834. The van der Waals surface area contributed by atoms with E-state index in [1.807, 2.05) is 18.0 Å². The molecule has 3 heterocycles. The van der Waals surface area contributed by atoms with Crippen LogP contribution in [0.2, 0.25) is 0 Å². The van der Waals surface area contributed by atoms with Gasteiger partial charge in [-0.3, -0.25) is 4.98 Å². The van der Waals surface area contributed by atoms with Crippen molar-refractivity contribution in [3.8, 4) is 0 Å². The molecule has 4 heteroatoms. The zero-order chi connectivity index (χ0) is 16.4. The van der Waals surface area contributed by atoms with Crippen LogP contribution in [0.25, 0.3) is 10.9 Å². The number of fused-ring (bicyclic) bond motifs is 1. The number of anilines is 1. The molecule has 0 saturated carbocycles. The van der Waals surface area contributed by atoms with Crippen LogP contribution >= 0.6 is 11.8 Å². The van der Waals surface area contributed by atoms with Crippen LogP contribution in [0.3, 0.4) is 0 Å². The van der Waals surface area contributed by atoms with Gasteiger partial charge in [-0.05, 0) is 56.0 Å². The van der Waals surface area contributed by atoms with Crippen molar-refractivity contribution >= 4 is 28.4 Å². The first-order chi connectivity index (χ1) is 11.8. The lowest BCUT2D eigenvalue weighted by Gasteiger charge is -2.28. The fraction of sp³-hybridized carbons (Fsp3) is 0.350. The maximum absolute atomic E-state index is 4.56. The second-order valence-electron chi connectivity index (χ2n) is 6.57. The molecule has 0 spiro atoms. The number of piperidine rings is 1. The SMILES string of the molecule is Cc1ccc2cc(SCc3cc(N4CCCCC4)ccn3)[nH]c2c1. The molecular formula is C20H23N3S. The standard InChI is InChI=1S/C20H23N3S/c1-15-5-6-16-12-20(22-19(16)11-15)24-14-17-13-18(7-8-21-17)23-9-3-2-4-10-23/h5-8,11-13,22H,2-4,9-10,14H2,1H3. The number of aryl methyl sites for hydroxylation is 1. The molecule has 3 nitrogen and oxygen atoms in total. The van der Waals surface area contributed by atoms with E-state index in [0.29, 0.717) is 0 Å². The Balaban J connectivity index is 1.46. The maximum atomic E-state index is 4.56. The van der Waals surface area contributed by atoms with E-state index in [-0.39, 0.29) is 0 Å². The fourth-order valence-corrected chi connectivity index (χ4v) is 4.19. The van der Waals surface area contributed by atoms with Crippen LogP contribution in [0.15, 0.2) is 47.6 Å². The summed E-state index contributed by atoms with van der Waals surface area (Å²) in [5.74, 6) is 0.896. The second kappa shape index (κ2) is 6.89. The molecule has 0 unspecified atom stereocenters. The Hall–Kier alpha value is -1.94. The van der Waals surface area contributed by atoms with Crippen molar-refractivity contribution in [2.24, 2.45) is 0 Å². The quantitative estimate of drug-likeness (QED) is 0.668. The van der Waals surface area contributed by atoms with Gasteiger partial charge in [0.1, 0.15) is 0 Å². The number of benzene rings is 1. The van der Waals surface area contributed by atoms with Crippen molar-refractivity contribution in [2.75, 3.05) is 18.0 Å². The molecule has 0 radical (unpaired) electrons. The molecule has 1 fully saturated rings. The summed E-state index contributed by atoms with van der Waals surface area (Å²) in [6.07, 6.45) is 5.93. The van der Waals surface area contributed by atoms with E-state index in [1.165, 1.54) is 59.5 Å². The molecule has 0 amide bonds. The van der Waals surface area contributed by atoms with Gasteiger partial charge < -0.3 is 9.88 Å². The van der Waals surface area contributed by atoms with Crippen LogP contribution in [0.4, 0.5) is 5.69 Å². The van der Waals surface area contributed by atoms with Crippen molar-refractivity contribution < 1.29 is 0 Å². The number of nitrogens with one attached hydrogen (secondary N) is 1. The first-order valence-electron chi connectivity index (χ1n) is 8.70. The average Bonchev–Trinajstić information content (AvgIpc) is 3.03. The molecule has 1 aromatic carbocycles. The van der Waals surface area contributed by atoms with Crippen molar-refractivity contribution in [3.05, 3.63) is 53.9 Å². The Morgan fingerprint density at radius 3 is 2.83 bits per heavy atom. The Morgan fingerprint density at radius 2 is 1.96 bits per heavy atom. The van der Waals surface area contributed by atoms with Gasteiger partial charge in [0.05, 0.1) is 10.7 Å². The van der Waals surface area contributed by atoms with Crippen molar-refractivity contribution in [1.82, 2.24) is 9.97 Å². The summed E-state index contributed by atoms with van der Waals surface area (Å²) in [4.78, 5) is 10.6. The van der Waals surface area contributed by atoms with Gasteiger partial charge in [0, 0.05) is 41.6 Å². The molecule has 24 heavy (non-hydrogen) atoms. The summed E-state index contributed by atoms with van der Waals surface area (Å²) in [6.45, 7) is 4.49. The van der Waals surface area contributed by atoms with Gasteiger partial charge in [-0.25, -0.2) is 0 Å². The minimum absolute atomic E-state index is 0.896. The van der Waals surface area contributed by atoms with Gasteiger partial charge >= 0.3 is 0 Å². The highest BCUT2D eigenvalue weighted by Gasteiger charge is 2.11. The van der Waals surface area contributed by atoms with Gasteiger partial charge in [-0.2, -0.15) is 0 Å². The zero-order valence-corrected chi connectivity index (χ0v) is 14.9. The van der Waals surface area contributed by atoms with E-state index < -0.39 is 0 Å². The topological polar surface area (TPSA) is 31.9 Å². The molecule has 0 aliphatic carbocycles. The molecule has 1 N–H and O–H groups in total. The van der Waals surface area contributed by atoms with Gasteiger partial charge in [0.2, 0.25) is 0 Å². The molecule has 3 aromatic rings. The van der Waals surface area contributed by atoms with E-state index in [2.05, 4.69) is 58.2 Å². The van der Waals surface area contributed by atoms with Crippen LogP contribution in [-0.2, 0) is 5.75 Å². The zero-order valence-electron chi connectivity index (χ0n) is 14.1. The van der Waals surface area contributed by atoms with Gasteiger partial charge in [0.15, 0.2) is 0 Å². The van der Waals surface area contributed by atoms with Crippen molar-refractivity contribution in [1.29, 1.82) is 0 Å². The van der Waals surface area contributed by atoms with Gasteiger partial charge in [0.25, 0.3) is 0 Å². The molecule has 4 rings (SSSR count). The van der Waals surface area contributed by atoms with Crippen LogP contribution < -0.4 is 4.90 Å². The molecule has 1 aliphatic rings. The minimum atomic E-state index is 0.896. The van der Waals surface area contributed by atoms with E-state index in [4.69, 9.17) is 0 Å².